The summed E-state index contributed by atoms with van der Waals surface area (Å²) in [7, 11) is 0. The van der Waals surface area contributed by atoms with Gasteiger partial charge < -0.3 is 5.11 Å². The van der Waals surface area contributed by atoms with Crippen LogP contribution >= 0.6 is 0 Å². The molecule has 0 unspecified atom stereocenters. The Morgan fingerprint density at radius 3 is 2.33 bits per heavy atom. The highest BCUT2D eigenvalue weighted by Gasteiger charge is 2.02. The molecule has 0 saturated carbocycles. The Bertz CT molecular complexity index is 855. The second-order valence-corrected chi connectivity index (χ2v) is 4.82. The Labute approximate surface area is 123 Å². The van der Waals surface area contributed by atoms with Crippen molar-refractivity contribution in [1.82, 2.24) is 0 Å². The average molecular weight is 271 g/mol. The summed E-state index contributed by atoms with van der Waals surface area (Å²) in [4.78, 5) is 0. The average Bonchev–Trinajstić information content (AvgIpc) is 2.53. The van der Waals surface area contributed by atoms with E-state index in [1.165, 1.54) is 5.39 Å². The molecule has 0 aliphatic rings. The zero-order chi connectivity index (χ0) is 14.7. The fourth-order valence-corrected chi connectivity index (χ4v) is 2.29. The molecule has 0 aromatic heterocycles. The molecular formula is C19H13NO. The van der Waals surface area contributed by atoms with Gasteiger partial charge in [0.05, 0.1) is 11.6 Å². The Balaban J connectivity index is 2.04. The standard InChI is InChI=1S/C19H13NO/c20-13-18(16-7-9-19(21)10-8-16)12-14-5-6-15-3-1-2-4-17(15)11-14/h1-12,21H/b18-12-. The summed E-state index contributed by atoms with van der Waals surface area (Å²) in [6, 6.07) is 23.1. The van der Waals surface area contributed by atoms with E-state index in [0.29, 0.717) is 5.57 Å². The maximum absolute atomic E-state index is 9.34. The summed E-state index contributed by atoms with van der Waals surface area (Å²) in [5.74, 6) is 0.196. The highest BCUT2D eigenvalue weighted by Crippen LogP contribution is 2.22. The summed E-state index contributed by atoms with van der Waals surface area (Å²) < 4.78 is 0. The molecule has 2 nitrogen and oxygen atoms in total. The number of allylic oxidation sites excluding steroid dienone is 1. The van der Waals surface area contributed by atoms with Crippen LogP contribution in [-0.4, -0.2) is 5.11 Å². The summed E-state index contributed by atoms with van der Waals surface area (Å²) in [5, 5.41) is 21.0. The highest BCUT2D eigenvalue weighted by atomic mass is 16.3. The number of benzene rings is 3. The molecule has 0 spiro atoms. The van der Waals surface area contributed by atoms with Gasteiger partial charge in [-0.2, -0.15) is 5.26 Å². The normalized spacial score (nSPS) is 11.3. The quantitative estimate of drug-likeness (QED) is 0.546. The Morgan fingerprint density at radius 2 is 1.62 bits per heavy atom. The topological polar surface area (TPSA) is 44.0 Å². The smallest absolute Gasteiger partial charge is 0.115 e. The van der Waals surface area contributed by atoms with Crippen molar-refractivity contribution >= 4 is 22.4 Å². The van der Waals surface area contributed by atoms with E-state index < -0.39 is 0 Å². The van der Waals surface area contributed by atoms with Gasteiger partial charge in [-0.05, 0) is 58.3 Å². The third kappa shape index (κ3) is 2.77. The molecule has 0 aliphatic heterocycles. The minimum atomic E-state index is 0.196. The molecule has 3 rings (SSSR count). The second-order valence-electron chi connectivity index (χ2n) is 4.82. The number of hydrogen-bond donors (Lipinski definition) is 1. The van der Waals surface area contributed by atoms with Gasteiger partial charge in [-0.25, -0.2) is 0 Å². The van der Waals surface area contributed by atoms with E-state index >= 15 is 0 Å². The fraction of sp³-hybridized carbons (Fsp3) is 0. The lowest BCUT2D eigenvalue weighted by Crippen LogP contribution is -1.82. The van der Waals surface area contributed by atoms with Crippen molar-refractivity contribution in [2.45, 2.75) is 0 Å². The molecule has 1 N–H and O–H groups in total. The third-order valence-corrected chi connectivity index (χ3v) is 3.38. The first-order valence-corrected chi connectivity index (χ1v) is 6.66. The second kappa shape index (κ2) is 5.52. The number of nitrogens with zero attached hydrogens (tertiary/aromatic N) is 1. The van der Waals surface area contributed by atoms with Gasteiger partial charge in [0.15, 0.2) is 0 Å². The van der Waals surface area contributed by atoms with E-state index in [2.05, 4.69) is 24.3 Å². The molecule has 0 atom stereocenters. The first-order chi connectivity index (χ1) is 10.3. The lowest BCUT2D eigenvalue weighted by molar-refractivity contribution is 0.475. The SMILES string of the molecule is N#C/C(=C/c1ccc2ccccc2c1)c1ccc(O)cc1. The molecule has 0 bridgehead atoms. The van der Waals surface area contributed by atoms with E-state index in [1.807, 2.05) is 30.3 Å². The van der Waals surface area contributed by atoms with Crippen molar-refractivity contribution in [1.29, 1.82) is 5.26 Å². The predicted octanol–water partition coefficient (Wildman–Crippen LogP) is 4.61. The zero-order valence-electron chi connectivity index (χ0n) is 11.3. The minimum Gasteiger partial charge on any atom is -0.508 e. The largest absolute Gasteiger partial charge is 0.508 e. The zero-order valence-corrected chi connectivity index (χ0v) is 11.3. The highest BCUT2D eigenvalue weighted by molar-refractivity contribution is 5.92. The van der Waals surface area contributed by atoms with Gasteiger partial charge in [0.1, 0.15) is 5.75 Å². The Kier molecular flexibility index (Phi) is 3.41. The summed E-state index contributed by atoms with van der Waals surface area (Å²) in [6.45, 7) is 0. The molecule has 0 amide bonds. The molecule has 100 valence electrons. The Morgan fingerprint density at radius 1 is 0.905 bits per heavy atom. The number of phenolic OH excluding ortho intramolecular Hbond substituents is 1. The first-order valence-electron chi connectivity index (χ1n) is 6.66. The number of aromatic hydroxyl groups is 1. The molecule has 0 heterocycles. The van der Waals surface area contributed by atoms with Gasteiger partial charge in [-0.15, -0.1) is 0 Å². The van der Waals surface area contributed by atoms with Crippen LogP contribution in [0.15, 0.2) is 66.7 Å². The van der Waals surface area contributed by atoms with Crippen molar-refractivity contribution in [3.63, 3.8) is 0 Å². The maximum atomic E-state index is 9.34. The van der Waals surface area contributed by atoms with Crippen molar-refractivity contribution in [2.75, 3.05) is 0 Å². The van der Waals surface area contributed by atoms with Crippen molar-refractivity contribution < 1.29 is 5.11 Å². The molecule has 0 radical (unpaired) electrons. The van der Waals surface area contributed by atoms with Crippen molar-refractivity contribution in [2.24, 2.45) is 0 Å². The molecule has 21 heavy (non-hydrogen) atoms. The van der Waals surface area contributed by atoms with E-state index in [0.717, 1.165) is 16.5 Å². The monoisotopic (exact) mass is 271 g/mol. The van der Waals surface area contributed by atoms with Crippen LogP contribution in [0.5, 0.6) is 5.75 Å². The van der Waals surface area contributed by atoms with E-state index in [1.54, 1.807) is 24.3 Å². The van der Waals surface area contributed by atoms with Crippen molar-refractivity contribution in [3.8, 4) is 11.8 Å². The van der Waals surface area contributed by atoms with Gasteiger partial charge in [-0.1, -0.05) is 36.4 Å². The lowest BCUT2D eigenvalue weighted by atomic mass is 10.0. The molecule has 0 saturated heterocycles. The summed E-state index contributed by atoms with van der Waals surface area (Å²) >= 11 is 0. The van der Waals surface area contributed by atoms with Crippen LogP contribution in [0.4, 0.5) is 0 Å². The van der Waals surface area contributed by atoms with Gasteiger partial charge in [0.25, 0.3) is 0 Å². The van der Waals surface area contributed by atoms with E-state index in [9.17, 15) is 10.4 Å². The van der Waals surface area contributed by atoms with E-state index in [4.69, 9.17) is 0 Å². The summed E-state index contributed by atoms with van der Waals surface area (Å²) in [5.41, 5.74) is 2.35. The summed E-state index contributed by atoms with van der Waals surface area (Å²) in [6.07, 6.45) is 1.86. The number of hydrogen-bond acceptors (Lipinski definition) is 2. The third-order valence-electron chi connectivity index (χ3n) is 3.38. The van der Waals surface area contributed by atoms with Crippen LogP contribution < -0.4 is 0 Å². The molecule has 3 aromatic rings. The number of rotatable bonds is 2. The first kappa shape index (κ1) is 13.0. The van der Waals surface area contributed by atoms with Crippen LogP contribution in [-0.2, 0) is 0 Å². The molecular weight excluding hydrogens is 258 g/mol. The molecule has 0 fully saturated rings. The van der Waals surface area contributed by atoms with Crippen molar-refractivity contribution in [3.05, 3.63) is 77.9 Å². The predicted molar refractivity (Wildman–Crippen MR) is 85.5 cm³/mol. The van der Waals surface area contributed by atoms with Gasteiger partial charge in [-0.3, -0.25) is 0 Å². The van der Waals surface area contributed by atoms with Gasteiger partial charge in [0.2, 0.25) is 0 Å². The van der Waals surface area contributed by atoms with Gasteiger partial charge >= 0.3 is 0 Å². The number of phenols is 1. The maximum Gasteiger partial charge on any atom is 0.115 e. The molecule has 0 aliphatic carbocycles. The van der Waals surface area contributed by atoms with E-state index in [-0.39, 0.29) is 5.75 Å². The van der Waals surface area contributed by atoms with Gasteiger partial charge in [0, 0.05) is 0 Å². The molecule has 3 aromatic carbocycles. The fourth-order valence-electron chi connectivity index (χ4n) is 2.29. The lowest BCUT2D eigenvalue weighted by Gasteiger charge is -2.02. The van der Waals surface area contributed by atoms with Crippen LogP contribution in [0.2, 0.25) is 0 Å². The minimum absolute atomic E-state index is 0.196. The van der Waals surface area contributed by atoms with Crippen LogP contribution in [0.25, 0.3) is 22.4 Å². The van der Waals surface area contributed by atoms with Crippen LogP contribution in [0, 0.1) is 11.3 Å². The number of fused-ring (bicyclic) bond motifs is 1. The Hall–Kier alpha value is -3.05. The molecule has 2 heteroatoms. The number of nitriles is 1. The van der Waals surface area contributed by atoms with Crippen LogP contribution in [0.1, 0.15) is 11.1 Å². The van der Waals surface area contributed by atoms with Crippen LogP contribution in [0.3, 0.4) is 0 Å².